The molecule has 0 N–H and O–H groups in total. The van der Waals surface area contributed by atoms with Gasteiger partial charge in [0, 0.05) is 31.3 Å². The van der Waals surface area contributed by atoms with Crippen molar-refractivity contribution in [2.75, 3.05) is 17.2 Å². The lowest BCUT2D eigenvalue weighted by Crippen LogP contribution is -2.24. The lowest BCUT2D eigenvalue weighted by molar-refractivity contribution is -0.117. The van der Waals surface area contributed by atoms with Crippen molar-refractivity contribution in [3.8, 4) is 0 Å². The van der Waals surface area contributed by atoms with E-state index >= 15 is 0 Å². The number of hydrogen-bond donors (Lipinski definition) is 0. The lowest BCUT2D eigenvalue weighted by Gasteiger charge is -2.16. The summed E-state index contributed by atoms with van der Waals surface area (Å²) in [5.41, 5.74) is 1.86. The zero-order valence-corrected chi connectivity index (χ0v) is 13.6. The van der Waals surface area contributed by atoms with E-state index in [2.05, 4.69) is 4.98 Å². The fourth-order valence-corrected chi connectivity index (χ4v) is 4.08. The van der Waals surface area contributed by atoms with Crippen molar-refractivity contribution in [3.05, 3.63) is 23.2 Å². The number of aryl methyl sites for hydroxylation is 1. The van der Waals surface area contributed by atoms with E-state index in [4.69, 9.17) is 0 Å². The molecule has 1 aliphatic rings. The fourth-order valence-electron chi connectivity index (χ4n) is 2.58. The molecule has 0 radical (unpaired) electrons. The van der Waals surface area contributed by atoms with E-state index in [1.165, 1.54) is 11.8 Å². The quantitative estimate of drug-likeness (QED) is 0.871. The third-order valence-electron chi connectivity index (χ3n) is 3.52. The average molecular weight is 320 g/mol. The molecule has 110 valence electrons. The average Bonchev–Trinajstić information content (AvgIpc) is 2.97. The molecule has 1 aliphatic heterocycles. The van der Waals surface area contributed by atoms with Gasteiger partial charge in [-0.05, 0) is 31.0 Å². The van der Waals surface area contributed by atoms with Gasteiger partial charge in [0.15, 0.2) is 5.12 Å². The summed E-state index contributed by atoms with van der Waals surface area (Å²) in [5.74, 6) is 1.10. The number of hydrogen-bond acceptors (Lipinski definition) is 5. The van der Waals surface area contributed by atoms with Crippen molar-refractivity contribution in [1.82, 2.24) is 4.98 Å². The highest BCUT2D eigenvalue weighted by molar-refractivity contribution is 8.13. The van der Waals surface area contributed by atoms with Gasteiger partial charge in [0.1, 0.15) is 0 Å². The summed E-state index contributed by atoms with van der Waals surface area (Å²) in [4.78, 5) is 29.5. The van der Waals surface area contributed by atoms with E-state index in [1.807, 2.05) is 30.0 Å². The molecule has 2 heterocycles. The number of fused-ring (bicyclic) bond motifs is 1. The largest absolute Gasteiger partial charge is 0.312 e. The standard InChI is InChI=1S/C15H16N2O2S2/c1-9-16-13-6-12(3-4-14(13)21-9)17-7-11(5-15(17)19)8-20-10(2)18/h3-4,6,11H,5,7-8H2,1-2H3. The Bertz CT molecular complexity index is 711. The van der Waals surface area contributed by atoms with Crippen LogP contribution < -0.4 is 4.90 Å². The predicted octanol–water partition coefficient (Wildman–Crippen LogP) is 3.24. The first kappa shape index (κ1) is 14.5. The van der Waals surface area contributed by atoms with Crippen molar-refractivity contribution in [2.24, 2.45) is 5.92 Å². The first-order valence-corrected chi connectivity index (χ1v) is 8.64. The van der Waals surface area contributed by atoms with Crippen LogP contribution in [-0.4, -0.2) is 28.3 Å². The molecular formula is C15H16N2O2S2. The van der Waals surface area contributed by atoms with Crippen LogP contribution >= 0.6 is 23.1 Å². The highest BCUT2D eigenvalue weighted by Crippen LogP contribution is 2.31. The van der Waals surface area contributed by atoms with Gasteiger partial charge in [-0.25, -0.2) is 4.98 Å². The third kappa shape index (κ3) is 3.11. The van der Waals surface area contributed by atoms with Gasteiger partial charge < -0.3 is 4.90 Å². The molecule has 1 aromatic heterocycles. The molecule has 1 unspecified atom stereocenters. The molecule has 0 spiro atoms. The van der Waals surface area contributed by atoms with Crippen LogP contribution in [0.2, 0.25) is 0 Å². The Hall–Kier alpha value is -1.40. The molecule has 0 aliphatic carbocycles. The molecule has 21 heavy (non-hydrogen) atoms. The van der Waals surface area contributed by atoms with Crippen LogP contribution in [0.25, 0.3) is 10.2 Å². The Morgan fingerprint density at radius 2 is 2.33 bits per heavy atom. The number of aromatic nitrogens is 1. The molecule has 1 amide bonds. The second-order valence-electron chi connectivity index (χ2n) is 5.26. The lowest BCUT2D eigenvalue weighted by atomic mass is 10.1. The van der Waals surface area contributed by atoms with Gasteiger partial charge in [0.2, 0.25) is 5.91 Å². The number of thiazole rings is 1. The Morgan fingerprint density at radius 3 is 3.10 bits per heavy atom. The van der Waals surface area contributed by atoms with Crippen molar-refractivity contribution in [2.45, 2.75) is 20.3 Å². The van der Waals surface area contributed by atoms with Crippen molar-refractivity contribution in [3.63, 3.8) is 0 Å². The van der Waals surface area contributed by atoms with Gasteiger partial charge in [0.25, 0.3) is 0 Å². The Kier molecular flexibility index (Phi) is 3.99. The number of anilines is 1. The minimum absolute atomic E-state index is 0.111. The fraction of sp³-hybridized carbons (Fsp3) is 0.400. The second-order valence-corrected chi connectivity index (χ2v) is 7.69. The summed E-state index contributed by atoms with van der Waals surface area (Å²) in [5, 5.41) is 1.14. The van der Waals surface area contributed by atoms with E-state index in [0.29, 0.717) is 13.0 Å². The van der Waals surface area contributed by atoms with Gasteiger partial charge in [-0.3, -0.25) is 9.59 Å². The maximum absolute atomic E-state index is 12.2. The van der Waals surface area contributed by atoms with Crippen LogP contribution in [0.5, 0.6) is 0 Å². The minimum Gasteiger partial charge on any atom is -0.312 e. The molecule has 1 saturated heterocycles. The molecular weight excluding hydrogens is 304 g/mol. The van der Waals surface area contributed by atoms with E-state index < -0.39 is 0 Å². The molecule has 6 heteroatoms. The van der Waals surface area contributed by atoms with Gasteiger partial charge in [-0.15, -0.1) is 11.3 Å². The topological polar surface area (TPSA) is 50.3 Å². The van der Waals surface area contributed by atoms with Gasteiger partial charge in [-0.1, -0.05) is 11.8 Å². The van der Waals surface area contributed by atoms with Crippen molar-refractivity contribution < 1.29 is 9.59 Å². The molecule has 0 bridgehead atoms. The molecule has 0 saturated carbocycles. The molecule has 1 fully saturated rings. The predicted molar refractivity (Wildman–Crippen MR) is 88.0 cm³/mol. The summed E-state index contributed by atoms with van der Waals surface area (Å²) >= 11 is 2.97. The summed E-state index contributed by atoms with van der Waals surface area (Å²) < 4.78 is 1.14. The van der Waals surface area contributed by atoms with E-state index in [1.54, 1.807) is 18.3 Å². The van der Waals surface area contributed by atoms with E-state index in [-0.39, 0.29) is 16.9 Å². The van der Waals surface area contributed by atoms with Crippen molar-refractivity contribution >= 4 is 50.0 Å². The first-order chi connectivity index (χ1) is 10.0. The van der Waals surface area contributed by atoms with Crippen molar-refractivity contribution in [1.29, 1.82) is 0 Å². The summed E-state index contributed by atoms with van der Waals surface area (Å²) in [6.45, 7) is 4.24. The van der Waals surface area contributed by atoms with Crippen LogP contribution in [0.15, 0.2) is 18.2 Å². The van der Waals surface area contributed by atoms with Gasteiger partial charge in [0.05, 0.1) is 15.2 Å². The molecule has 2 aromatic rings. The number of benzene rings is 1. The minimum atomic E-state index is 0.111. The molecule has 3 rings (SSSR count). The monoisotopic (exact) mass is 320 g/mol. The molecule has 4 nitrogen and oxygen atoms in total. The molecule has 1 aromatic carbocycles. The maximum Gasteiger partial charge on any atom is 0.227 e. The van der Waals surface area contributed by atoms with E-state index in [9.17, 15) is 9.59 Å². The molecule has 1 atom stereocenters. The number of carbonyl (C=O) groups is 2. The third-order valence-corrected chi connectivity index (χ3v) is 5.51. The number of nitrogens with zero attached hydrogens (tertiary/aromatic N) is 2. The SMILES string of the molecule is CC(=O)SCC1CC(=O)N(c2ccc3sc(C)nc3c2)C1. The number of carbonyl (C=O) groups excluding carboxylic acids is 2. The summed E-state index contributed by atoms with van der Waals surface area (Å²) in [6.07, 6.45) is 0.522. The zero-order valence-electron chi connectivity index (χ0n) is 12.0. The number of thioether (sulfide) groups is 1. The second kappa shape index (κ2) is 5.77. The number of amides is 1. The van der Waals surface area contributed by atoms with Crippen LogP contribution in [0.1, 0.15) is 18.4 Å². The maximum atomic E-state index is 12.2. The zero-order chi connectivity index (χ0) is 15.0. The summed E-state index contributed by atoms with van der Waals surface area (Å²) in [6, 6.07) is 6.00. The Labute approximate surface area is 131 Å². The first-order valence-electron chi connectivity index (χ1n) is 6.84. The van der Waals surface area contributed by atoms with Crippen LogP contribution in [0.3, 0.4) is 0 Å². The van der Waals surface area contributed by atoms with Crippen LogP contribution in [0, 0.1) is 12.8 Å². The number of rotatable bonds is 3. The Balaban J connectivity index is 1.78. The van der Waals surface area contributed by atoms with Gasteiger partial charge in [-0.2, -0.15) is 0 Å². The highest BCUT2D eigenvalue weighted by Gasteiger charge is 2.30. The normalized spacial score (nSPS) is 18.7. The Morgan fingerprint density at radius 1 is 1.52 bits per heavy atom. The van der Waals surface area contributed by atoms with Crippen LogP contribution in [-0.2, 0) is 9.59 Å². The van der Waals surface area contributed by atoms with E-state index in [0.717, 1.165) is 26.7 Å². The van der Waals surface area contributed by atoms with Gasteiger partial charge >= 0.3 is 0 Å². The highest BCUT2D eigenvalue weighted by atomic mass is 32.2. The smallest absolute Gasteiger partial charge is 0.227 e. The summed E-state index contributed by atoms with van der Waals surface area (Å²) in [7, 11) is 0. The van der Waals surface area contributed by atoms with Crippen LogP contribution in [0.4, 0.5) is 5.69 Å².